The first kappa shape index (κ1) is 18.7. The molecule has 0 radical (unpaired) electrons. The molecule has 0 unspecified atom stereocenters. The first-order chi connectivity index (χ1) is 13.4. The lowest BCUT2D eigenvalue weighted by Crippen LogP contribution is -2.51. The third-order valence-corrected chi connectivity index (χ3v) is 6.57. The standard InChI is InChI=1S/C24H27NO3/c1-17-14-18(2)16-20(15-17)23(8-9-23)21(26)25-12-10-24(11-13-25,22(27)28)19-6-4-3-5-7-19/h3-7,14-16H,8-13H2,1-2H3,(H,27,28). The number of amides is 1. The van der Waals surface area contributed by atoms with Crippen molar-refractivity contribution < 1.29 is 14.7 Å². The number of nitrogens with zero attached hydrogens (tertiary/aromatic N) is 1. The van der Waals surface area contributed by atoms with Crippen LogP contribution in [0.1, 0.15) is 47.9 Å². The maximum atomic E-state index is 13.4. The molecule has 1 N–H and O–H groups in total. The van der Waals surface area contributed by atoms with Crippen molar-refractivity contribution >= 4 is 11.9 Å². The van der Waals surface area contributed by atoms with Crippen LogP contribution in [-0.2, 0) is 20.4 Å². The number of likely N-dealkylation sites (tertiary alicyclic amines) is 1. The minimum absolute atomic E-state index is 0.171. The highest BCUT2D eigenvalue weighted by Crippen LogP contribution is 2.51. The second-order valence-electron chi connectivity index (χ2n) is 8.50. The van der Waals surface area contributed by atoms with Gasteiger partial charge in [-0.15, -0.1) is 0 Å². The van der Waals surface area contributed by atoms with Crippen LogP contribution in [0.4, 0.5) is 0 Å². The number of carbonyl (C=O) groups excluding carboxylic acids is 1. The van der Waals surface area contributed by atoms with E-state index in [4.69, 9.17) is 0 Å². The van der Waals surface area contributed by atoms with E-state index >= 15 is 0 Å². The van der Waals surface area contributed by atoms with Crippen LogP contribution in [-0.4, -0.2) is 35.0 Å². The van der Waals surface area contributed by atoms with Crippen molar-refractivity contribution in [3.05, 3.63) is 70.8 Å². The van der Waals surface area contributed by atoms with E-state index < -0.39 is 16.8 Å². The topological polar surface area (TPSA) is 57.6 Å². The fourth-order valence-corrected chi connectivity index (χ4v) is 4.78. The van der Waals surface area contributed by atoms with Gasteiger partial charge < -0.3 is 10.0 Å². The van der Waals surface area contributed by atoms with Crippen molar-refractivity contribution in [2.45, 2.75) is 50.4 Å². The van der Waals surface area contributed by atoms with Crippen molar-refractivity contribution in [1.29, 1.82) is 0 Å². The number of aryl methyl sites for hydroxylation is 2. The van der Waals surface area contributed by atoms with Crippen LogP contribution in [0.3, 0.4) is 0 Å². The van der Waals surface area contributed by atoms with Crippen molar-refractivity contribution in [2.24, 2.45) is 0 Å². The monoisotopic (exact) mass is 377 g/mol. The molecular formula is C24H27NO3. The van der Waals surface area contributed by atoms with E-state index in [9.17, 15) is 14.7 Å². The van der Waals surface area contributed by atoms with Crippen LogP contribution in [0.2, 0.25) is 0 Å². The molecule has 2 aromatic rings. The van der Waals surface area contributed by atoms with Crippen LogP contribution < -0.4 is 0 Å². The van der Waals surface area contributed by atoms with Crippen LogP contribution in [0.25, 0.3) is 0 Å². The molecule has 1 amide bonds. The van der Waals surface area contributed by atoms with Gasteiger partial charge in [-0.3, -0.25) is 9.59 Å². The van der Waals surface area contributed by atoms with E-state index in [1.807, 2.05) is 35.2 Å². The molecule has 4 nitrogen and oxygen atoms in total. The number of rotatable bonds is 4. The number of benzene rings is 2. The predicted octanol–water partition coefficient (Wildman–Crippen LogP) is 3.98. The fraction of sp³-hybridized carbons (Fsp3) is 0.417. The summed E-state index contributed by atoms with van der Waals surface area (Å²) in [6.07, 6.45) is 2.68. The maximum Gasteiger partial charge on any atom is 0.314 e. The summed E-state index contributed by atoms with van der Waals surface area (Å²) in [5, 5.41) is 9.97. The highest BCUT2D eigenvalue weighted by molar-refractivity contribution is 5.92. The molecule has 2 aromatic carbocycles. The first-order valence-electron chi connectivity index (χ1n) is 10.0. The number of aliphatic carboxylic acids is 1. The molecule has 0 bridgehead atoms. The van der Waals surface area contributed by atoms with E-state index in [1.165, 1.54) is 11.1 Å². The average molecular weight is 377 g/mol. The Kier molecular flexibility index (Phi) is 4.53. The van der Waals surface area contributed by atoms with Crippen molar-refractivity contribution in [1.82, 2.24) is 4.90 Å². The number of hydrogen-bond acceptors (Lipinski definition) is 2. The second-order valence-corrected chi connectivity index (χ2v) is 8.50. The van der Waals surface area contributed by atoms with E-state index in [0.29, 0.717) is 25.9 Å². The minimum atomic E-state index is -0.894. The summed E-state index contributed by atoms with van der Waals surface area (Å²) in [6, 6.07) is 15.9. The van der Waals surface area contributed by atoms with Crippen molar-refractivity contribution in [2.75, 3.05) is 13.1 Å². The summed E-state index contributed by atoms with van der Waals surface area (Å²) in [7, 11) is 0. The summed E-state index contributed by atoms with van der Waals surface area (Å²) in [5.41, 5.74) is 3.03. The van der Waals surface area contributed by atoms with Gasteiger partial charge in [0.15, 0.2) is 0 Å². The number of carbonyl (C=O) groups is 2. The molecule has 0 spiro atoms. The van der Waals surface area contributed by atoms with Crippen LogP contribution in [0, 0.1) is 13.8 Å². The number of piperidine rings is 1. The number of carboxylic acids is 1. The van der Waals surface area contributed by atoms with Gasteiger partial charge in [0.05, 0.1) is 10.8 Å². The Hall–Kier alpha value is -2.62. The van der Waals surface area contributed by atoms with Gasteiger partial charge in [0.2, 0.25) is 5.91 Å². The van der Waals surface area contributed by atoms with Gasteiger partial charge in [0, 0.05) is 13.1 Å². The molecule has 1 aliphatic heterocycles. The van der Waals surface area contributed by atoms with Gasteiger partial charge in [-0.1, -0.05) is 59.7 Å². The Balaban J connectivity index is 1.55. The van der Waals surface area contributed by atoms with Gasteiger partial charge in [0.1, 0.15) is 0 Å². The molecule has 4 heteroatoms. The maximum absolute atomic E-state index is 13.4. The summed E-state index contributed by atoms with van der Waals surface area (Å²) >= 11 is 0. The highest BCUT2D eigenvalue weighted by Gasteiger charge is 2.54. The Labute approximate surface area is 166 Å². The first-order valence-corrected chi connectivity index (χ1v) is 10.0. The zero-order valence-electron chi connectivity index (χ0n) is 16.6. The third-order valence-electron chi connectivity index (χ3n) is 6.57. The molecule has 1 heterocycles. The fourth-order valence-electron chi connectivity index (χ4n) is 4.78. The Morgan fingerprint density at radius 1 is 0.821 bits per heavy atom. The van der Waals surface area contributed by atoms with E-state index in [-0.39, 0.29) is 5.91 Å². The molecule has 4 rings (SSSR count). The molecule has 146 valence electrons. The van der Waals surface area contributed by atoms with E-state index in [2.05, 4.69) is 32.0 Å². The molecule has 1 saturated heterocycles. The molecular weight excluding hydrogens is 350 g/mol. The zero-order chi connectivity index (χ0) is 19.9. The van der Waals surface area contributed by atoms with Gasteiger partial charge in [-0.25, -0.2) is 0 Å². The smallest absolute Gasteiger partial charge is 0.314 e. The van der Waals surface area contributed by atoms with Crippen LogP contribution in [0.5, 0.6) is 0 Å². The van der Waals surface area contributed by atoms with Crippen LogP contribution in [0.15, 0.2) is 48.5 Å². The van der Waals surface area contributed by atoms with Crippen molar-refractivity contribution in [3.63, 3.8) is 0 Å². The molecule has 28 heavy (non-hydrogen) atoms. The Bertz CT molecular complexity index is 886. The van der Waals surface area contributed by atoms with E-state index in [0.717, 1.165) is 24.0 Å². The molecule has 2 aliphatic rings. The molecule has 2 fully saturated rings. The quantitative estimate of drug-likeness (QED) is 0.877. The lowest BCUT2D eigenvalue weighted by molar-refractivity contribution is -0.148. The molecule has 0 atom stereocenters. The average Bonchev–Trinajstić information content (AvgIpc) is 3.49. The van der Waals surface area contributed by atoms with Crippen molar-refractivity contribution in [3.8, 4) is 0 Å². The lowest BCUT2D eigenvalue weighted by Gasteiger charge is -2.40. The van der Waals surface area contributed by atoms with Gasteiger partial charge in [-0.05, 0) is 50.7 Å². The summed E-state index contributed by atoms with van der Waals surface area (Å²) in [5.74, 6) is -0.620. The largest absolute Gasteiger partial charge is 0.481 e. The second kappa shape index (κ2) is 6.77. The lowest BCUT2D eigenvalue weighted by atomic mass is 9.72. The SMILES string of the molecule is Cc1cc(C)cc(C2(C(=O)N3CCC(C(=O)O)(c4ccccc4)CC3)CC2)c1. The number of hydrogen-bond donors (Lipinski definition) is 1. The predicted molar refractivity (Wildman–Crippen MR) is 108 cm³/mol. The molecule has 1 saturated carbocycles. The molecule has 1 aliphatic carbocycles. The zero-order valence-corrected chi connectivity index (χ0v) is 16.6. The minimum Gasteiger partial charge on any atom is -0.481 e. The molecule has 0 aromatic heterocycles. The highest BCUT2D eigenvalue weighted by atomic mass is 16.4. The third kappa shape index (κ3) is 3.01. The normalized spacial score (nSPS) is 19.9. The van der Waals surface area contributed by atoms with Gasteiger partial charge in [-0.2, -0.15) is 0 Å². The van der Waals surface area contributed by atoms with Gasteiger partial charge in [0.25, 0.3) is 0 Å². The van der Waals surface area contributed by atoms with E-state index in [1.54, 1.807) is 0 Å². The van der Waals surface area contributed by atoms with Crippen LogP contribution >= 0.6 is 0 Å². The Morgan fingerprint density at radius 2 is 1.39 bits per heavy atom. The summed E-state index contributed by atoms with van der Waals surface area (Å²) in [6.45, 7) is 5.12. The summed E-state index contributed by atoms with van der Waals surface area (Å²) in [4.78, 5) is 27.5. The van der Waals surface area contributed by atoms with Gasteiger partial charge >= 0.3 is 5.97 Å². The Morgan fingerprint density at radius 3 is 1.89 bits per heavy atom. The summed E-state index contributed by atoms with van der Waals surface area (Å²) < 4.78 is 0. The number of carboxylic acid groups (broad SMARTS) is 1.